The number of fused-ring (bicyclic) bond motifs is 1. The number of aromatic nitrogens is 6. The van der Waals surface area contributed by atoms with Crippen LogP contribution in [0.15, 0.2) is 49.2 Å². The Morgan fingerprint density at radius 1 is 1.24 bits per heavy atom. The molecule has 2 N–H and O–H groups in total. The van der Waals surface area contributed by atoms with E-state index in [1.54, 1.807) is 10.8 Å². The number of pyridine rings is 1. The fraction of sp³-hybridized carbons (Fsp3) is 0.318. The van der Waals surface area contributed by atoms with Gasteiger partial charge < -0.3 is 20.1 Å². The summed E-state index contributed by atoms with van der Waals surface area (Å²) < 4.78 is 16.8. The maximum atomic E-state index is 13.1. The number of amides is 1. The van der Waals surface area contributed by atoms with Crippen LogP contribution in [0.25, 0.3) is 5.52 Å². The van der Waals surface area contributed by atoms with Crippen LogP contribution in [0.3, 0.4) is 0 Å². The Bertz CT molecular complexity index is 1280. The number of nitrogens with one attached hydrogen (secondary N) is 2. The Morgan fingerprint density at radius 2 is 2.12 bits per heavy atom. The third kappa shape index (κ3) is 4.21. The second-order valence-electron chi connectivity index (χ2n) is 8.23. The molecule has 10 nitrogen and oxygen atoms in total. The smallest absolute Gasteiger partial charge is 0.247 e. The molecular weight excluding hydrogens is 425 g/mol. The largest absolute Gasteiger partial charge is 0.333 e. The molecule has 0 aromatic carbocycles. The quantitative estimate of drug-likeness (QED) is 0.435. The number of anilines is 4. The van der Waals surface area contributed by atoms with E-state index in [1.807, 2.05) is 34.0 Å². The van der Waals surface area contributed by atoms with E-state index >= 15 is 0 Å². The minimum atomic E-state index is -0.595. The number of hydrogen-bond acceptors (Lipinski definition) is 7. The summed E-state index contributed by atoms with van der Waals surface area (Å²) in [5, 5.41) is 10.7. The second kappa shape index (κ2) is 8.49. The van der Waals surface area contributed by atoms with Gasteiger partial charge in [0.25, 0.3) is 0 Å². The predicted octanol–water partition coefficient (Wildman–Crippen LogP) is 3.39. The number of halogens is 1. The molecule has 5 heterocycles. The fourth-order valence-electron chi connectivity index (χ4n) is 3.90. The van der Waals surface area contributed by atoms with Crippen molar-refractivity contribution >= 4 is 34.7 Å². The van der Waals surface area contributed by atoms with Crippen molar-refractivity contribution in [1.82, 2.24) is 29.1 Å². The summed E-state index contributed by atoms with van der Waals surface area (Å²) in [6, 6.07) is 6.35. The highest BCUT2D eigenvalue weighted by Crippen LogP contribution is 2.27. The van der Waals surface area contributed by atoms with Crippen LogP contribution < -0.4 is 15.5 Å². The maximum absolute atomic E-state index is 13.1. The zero-order valence-electron chi connectivity index (χ0n) is 18.3. The normalized spacial score (nSPS) is 16.0. The van der Waals surface area contributed by atoms with Crippen LogP contribution >= 0.6 is 0 Å². The Labute approximate surface area is 189 Å². The summed E-state index contributed by atoms with van der Waals surface area (Å²) in [5.41, 5.74) is 1.24. The summed E-state index contributed by atoms with van der Waals surface area (Å²) in [7, 11) is 0. The van der Waals surface area contributed by atoms with Crippen molar-refractivity contribution in [3.05, 3.63) is 55.1 Å². The fourth-order valence-corrected chi connectivity index (χ4v) is 3.90. The van der Waals surface area contributed by atoms with Crippen molar-refractivity contribution in [2.75, 3.05) is 22.1 Å². The lowest BCUT2D eigenvalue weighted by Gasteiger charge is -2.24. The molecule has 1 atom stereocenters. The molecule has 0 aliphatic carbocycles. The zero-order valence-corrected chi connectivity index (χ0v) is 18.3. The van der Waals surface area contributed by atoms with Gasteiger partial charge in [-0.15, -0.1) is 5.10 Å². The van der Waals surface area contributed by atoms with Crippen LogP contribution in [0.2, 0.25) is 0 Å². The average Bonchev–Trinajstić information content (AvgIpc) is 3.55. The summed E-state index contributed by atoms with van der Waals surface area (Å²) >= 11 is 0. The van der Waals surface area contributed by atoms with Gasteiger partial charge in [-0.2, -0.15) is 9.37 Å². The molecule has 0 unspecified atom stereocenters. The highest BCUT2D eigenvalue weighted by molar-refractivity contribution is 5.97. The molecule has 1 amide bonds. The lowest BCUT2D eigenvalue weighted by molar-refractivity contribution is -0.117. The van der Waals surface area contributed by atoms with Gasteiger partial charge in [0, 0.05) is 25.0 Å². The number of carbonyl (C=O) groups excluding carboxylic acids is 1. The van der Waals surface area contributed by atoms with Gasteiger partial charge in [-0.3, -0.25) is 4.79 Å². The lowest BCUT2D eigenvalue weighted by atomic mass is 10.2. The molecular formula is C22H24FN9O. The van der Waals surface area contributed by atoms with E-state index in [9.17, 15) is 9.18 Å². The molecule has 1 saturated heterocycles. The molecule has 0 saturated carbocycles. The Morgan fingerprint density at radius 3 is 2.88 bits per heavy atom. The number of carbonyl (C=O) groups is 1. The van der Waals surface area contributed by atoms with Crippen molar-refractivity contribution in [2.45, 2.75) is 38.8 Å². The molecule has 1 aliphatic heterocycles. The first kappa shape index (κ1) is 20.9. The van der Waals surface area contributed by atoms with Crippen molar-refractivity contribution in [2.24, 2.45) is 0 Å². The van der Waals surface area contributed by atoms with Gasteiger partial charge in [0.2, 0.25) is 17.8 Å². The van der Waals surface area contributed by atoms with Crippen molar-refractivity contribution in [3.8, 4) is 0 Å². The molecule has 4 aromatic rings. The highest BCUT2D eigenvalue weighted by Gasteiger charge is 2.33. The minimum absolute atomic E-state index is 0.206. The number of nitrogens with zero attached hydrogens (tertiary/aromatic N) is 7. The zero-order chi connectivity index (χ0) is 22.9. The minimum Gasteiger partial charge on any atom is -0.333 e. The third-order valence-corrected chi connectivity index (χ3v) is 5.63. The van der Waals surface area contributed by atoms with Gasteiger partial charge >= 0.3 is 0 Å². The Balaban J connectivity index is 1.42. The van der Waals surface area contributed by atoms with Gasteiger partial charge in [0.05, 0.1) is 18.2 Å². The van der Waals surface area contributed by atoms with E-state index in [2.05, 4.69) is 39.5 Å². The van der Waals surface area contributed by atoms with Crippen LogP contribution in [0, 0.1) is 5.95 Å². The van der Waals surface area contributed by atoms with E-state index in [0.29, 0.717) is 42.3 Å². The Kier molecular flexibility index (Phi) is 5.37. The van der Waals surface area contributed by atoms with Crippen LogP contribution in [0.4, 0.5) is 27.7 Å². The van der Waals surface area contributed by atoms with E-state index in [4.69, 9.17) is 4.98 Å². The number of hydrogen-bond donors (Lipinski definition) is 2. The standard InChI is InChI=1S/C22H24FN9O/c1-14(2)30-12-19(25-13-30)27-20-16-5-4-10-32(16)29-22(28-20)31-9-3-6-17(31)21(33)26-15-7-8-18(23)24-11-15/h4-5,7-8,10-14,17H,3,6,9H2,1-2H3,(H,26,33)(H,27,28,29)/t17-/m0/s1. The number of imidazole rings is 1. The first-order chi connectivity index (χ1) is 16.0. The summed E-state index contributed by atoms with van der Waals surface area (Å²) in [6.45, 7) is 4.81. The first-order valence-corrected chi connectivity index (χ1v) is 10.8. The van der Waals surface area contributed by atoms with Gasteiger partial charge in [0.15, 0.2) is 5.82 Å². The second-order valence-corrected chi connectivity index (χ2v) is 8.23. The molecule has 0 bridgehead atoms. The monoisotopic (exact) mass is 449 g/mol. The molecule has 11 heteroatoms. The molecule has 0 spiro atoms. The van der Waals surface area contributed by atoms with E-state index < -0.39 is 12.0 Å². The predicted molar refractivity (Wildman–Crippen MR) is 122 cm³/mol. The molecule has 0 radical (unpaired) electrons. The summed E-state index contributed by atoms with van der Waals surface area (Å²) in [5.74, 6) is 0.924. The summed E-state index contributed by atoms with van der Waals surface area (Å²) in [6.07, 6.45) is 8.33. The lowest BCUT2D eigenvalue weighted by Crippen LogP contribution is -2.41. The molecule has 4 aromatic heterocycles. The first-order valence-electron chi connectivity index (χ1n) is 10.8. The Hall–Kier alpha value is -4.02. The van der Waals surface area contributed by atoms with Gasteiger partial charge in [-0.05, 0) is 51.0 Å². The van der Waals surface area contributed by atoms with Crippen LogP contribution in [-0.2, 0) is 4.79 Å². The van der Waals surface area contributed by atoms with Gasteiger partial charge in [-0.25, -0.2) is 14.5 Å². The van der Waals surface area contributed by atoms with Crippen LogP contribution in [-0.4, -0.2) is 47.6 Å². The van der Waals surface area contributed by atoms with Crippen LogP contribution in [0.5, 0.6) is 0 Å². The molecule has 33 heavy (non-hydrogen) atoms. The van der Waals surface area contributed by atoms with E-state index in [-0.39, 0.29) is 5.91 Å². The maximum Gasteiger partial charge on any atom is 0.247 e. The topological polar surface area (TPSA) is 105 Å². The molecule has 1 fully saturated rings. The van der Waals surface area contributed by atoms with Gasteiger partial charge in [-0.1, -0.05) is 0 Å². The summed E-state index contributed by atoms with van der Waals surface area (Å²) in [4.78, 5) is 27.6. The molecule has 5 rings (SSSR count). The van der Waals surface area contributed by atoms with E-state index in [0.717, 1.165) is 11.9 Å². The van der Waals surface area contributed by atoms with Gasteiger partial charge in [0.1, 0.15) is 17.4 Å². The third-order valence-electron chi connectivity index (χ3n) is 5.63. The highest BCUT2D eigenvalue weighted by atomic mass is 19.1. The average molecular weight is 449 g/mol. The van der Waals surface area contributed by atoms with Crippen molar-refractivity contribution in [1.29, 1.82) is 0 Å². The van der Waals surface area contributed by atoms with E-state index in [1.165, 1.54) is 18.3 Å². The molecule has 170 valence electrons. The van der Waals surface area contributed by atoms with Crippen molar-refractivity contribution in [3.63, 3.8) is 0 Å². The number of rotatable bonds is 6. The molecule has 1 aliphatic rings. The SMILES string of the molecule is CC(C)n1cnc(Nc2nc(N3CCC[C@H]3C(=O)Nc3ccc(F)nc3)nn3cccc23)c1. The van der Waals surface area contributed by atoms with Crippen molar-refractivity contribution < 1.29 is 9.18 Å². The van der Waals surface area contributed by atoms with Crippen LogP contribution in [0.1, 0.15) is 32.7 Å².